The van der Waals surface area contributed by atoms with Crippen LogP contribution in [-0.2, 0) is 0 Å². The quantitative estimate of drug-likeness (QED) is 0.809. The average molecular weight is 203 g/mol. The van der Waals surface area contributed by atoms with Crippen LogP contribution >= 0.6 is 0 Å². The molecule has 0 bridgehead atoms. The number of hydrogen-bond donors (Lipinski definition) is 1. The Kier molecular flexibility index (Phi) is 2.33. The van der Waals surface area contributed by atoms with E-state index in [4.69, 9.17) is 10.5 Å². The van der Waals surface area contributed by atoms with Gasteiger partial charge in [0.15, 0.2) is 0 Å². The largest absolute Gasteiger partial charge is 0.495 e. The Hall–Kier alpha value is -1.97. The van der Waals surface area contributed by atoms with Crippen LogP contribution in [0.15, 0.2) is 30.5 Å². The van der Waals surface area contributed by atoms with Crippen LogP contribution in [0.25, 0.3) is 5.69 Å². The summed E-state index contributed by atoms with van der Waals surface area (Å²) in [6.07, 6.45) is 1.78. The lowest BCUT2D eigenvalue weighted by Crippen LogP contribution is -1.98. The summed E-state index contributed by atoms with van der Waals surface area (Å²) in [5.41, 5.74) is 6.58. The van der Waals surface area contributed by atoms with Gasteiger partial charge >= 0.3 is 0 Å². The first-order chi connectivity index (χ1) is 7.22. The van der Waals surface area contributed by atoms with Crippen molar-refractivity contribution < 1.29 is 4.74 Å². The number of aryl methyl sites for hydroxylation is 1. The molecule has 2 aromatic rings. The van der Waals surface area contributed by atoms with Gasteiger partial charge in [-0.2, -0.15) is 0 Å². The zero-order valence-electron chi connectivity index (χ0n) is 8.77. The lowest BCUT2D eigenvalue weighted by Gasteiger charge is -2.09. The third-order valence-corrected chi connectivity index (χ3v) is 2.25. The van der Waals surface area contributed by atoms with E-state index in [9.17, 15) is 0 Å². The molecule has 1 aromatic heterocycles. The van der Waals surface area contributed by atoms with Crippen molar-refractivity contribution in [2.45, 2.75) is 6.92 Å². The van der Waals surface area contributed by atoms with Gasteiger partial charge in [0.05, 0.1) is 19.0 Å². The molecule has 1 aromatic carbocycles. The maximum Gasteiger partial charge on any atom is 0.142 e. The van der Waals surface area contributed by atoms with E-state index in [1.54, 1.807) is 13.3 Å². The molecule has 0 atom stereocenters. The summed E-state index contributed by atoms with van der Waals surface area (Å²) in [5, 5.41) is 0. The van der Waals surface area contributed by atoms with E-state index in [1.165, 1.54) is 0 Å². The Labute approximate surface area is 88.3 Å². The molecule has 0 aliphatic heterocycles. The second kappa shape index (κ2) is 3.65. The number of methoxy groups -OCH3 is 1. The Bertz CT molecular complexity index is 476. The predicted octanol–water partition coefficient (Wildman–Crippen LogP) is 1.77. The van der Waals surface area contributed by atoms with Crippen molar-refractivity contribution in [1.29, 1.82) is 0 Å². The van der Waals surface area contributed by atoms with Crippen molar-refractivity contribution in [3.8, 4) is 11.4 Å². The number of anilines is 1. The SMILES string of the molecule is COc1ccccc1-n1cc(N)nc1C. The molecule has 2 rings (SSSR count). The number of benzene rings is 1. The molecular weight excluding hydrogens is 190 g/mol. The molecular formula is C11H13N3O. The molecule has 0 saturated heterocycles. The average Bonchev–Trinajstić information content (AvgIpc) is 2.57. The minimum Gasteiger partial charge on any atom is -0.495 e. The predicted molar refractivity (Wildman–Crippen MR) is 59.3 cm³/mol. The summed E-state index contributed by atoms with van der Waals surface area (Å²) in [6.45, 7) is 1.91. The number of imidazole rings is 1. The highest BCUT2D eigenvalue weighted by atomic mass is 16.5. The topological polar surface area (TPSA) is 53.1 Å². The molecule has 4 heteroatoms. The fourth-order valence-electron chi connectivity index (χ4n) is 1.57. The van der Waals surface area contributed by atoms with Crippen LogP contribution in [0, 0.1) is 6.92 Å². The lowest BCUT2D eigenvalue weighted by molar-refractivity contribution is 0.412. The van der Waals surface area contributed by atoms with Crippen LogP contribution in [0.3, 0.4) is 0 Å². The van der Waals surface area contributed by atoms with Gasteiger partial charge in [0, 0.05) is 0 Å². The summed E-state index contributed by atoms with van der Waals surface area (Å²) in [4.78, 5) is 4.15. The van der Waals surface area contributed by atoms with E-state index in [2.05, 4.69) is 4.98 Å². The molecule has 2 N–H and O–H groups in total. The van der Waals surface area contributed by atoms with E-state index in [0.717, 1.165) is 17.3 Å². The van der Waals surface area contributed by atoms with E-state index < -0.39 is 0 Å². The van der Waals surface area contributed by atoms with Crippen LogP contribution in [0.1, 0.15) is 5.82 Å². The molecule has 4 nitrogen and oxygen atoms in total. The molecule has 15 heavy (non-hydrogen) atoms. The van der Waals surface area contributed by atoms with Gasteiger partial charge in [0.25, 0.3) is 0 Å². The number of ether oxygens (including phenoxy) is 1. The van der Waals surface area contributed by atoms with Gasteiger partial charge in [-0.25, -0.2) is 4.98 Å². The molecule has 0 radical (unpaired) electrons. The van der Waals surface area contributed by atoms with Crippen LogP contribution < -0.4 is 10.5 Å². The summed E-state index contributed by atoms with van der Waals surface area (Å²) in [7, 11) is 1.65. The number of aromatic nitrogens is 2. The van der Waals surface area contributed by atoms with Gasteiger partial charge < -0.3 is 10.5 Å². The number of hydrogen-bond acceptors (Lipinski definition) is 3. The number of nitrogens with zero attached hydrogens (tertiary/aromatic N) is 2. The number of nitrogens with two attached hydrogens (primary N) is 1. The highest BCUT2D eigenvalue weighted by molar-refractivity contribution is 5.49. The van der Waals surface area contributed by atoms with E-state index in [0.29, 0.717) is 5.82 Å². The maximum absolute atomic E-state index is 5.64. The zero-order chi connectivity index (χ0) is 10.8. The molecule has 0 unspecified atom stereocenters. The van der Waals surface area contributed by atoms with Gasteiger partial charge in [0.1, 0.15) is 17.4 Å². The number of para-hydroxylation sites is 2. The van der Waals surface area contributed by atoms with Crippen LogP contribution in [0.4, 0.5) is 5.82 Å². The first-order valence-electron chi connectivity index (χ1n) is 4.67. The van der Waals surface area contributed by atoms with Crippen molar-refractivity contribution in [2.75, 3.05) is 12.8 Å². The Morgan fingerprint density at radius 1 is 1.33 bits per heavy atom. The normalized spacial score (nSPS) is 10.3. The van der Waals surface area contributed by atoms with E-state index in [1.807, 2.05) is 35.8 Å². The van der Waals surface area contributed by atoms with Crippen LogP contribution in [0.5, 0.6) is 5.75 Å². The van der Waals surface area contributed by atoms with Crippen molar-refractivity contribution in [1.82, 2.24) is 9.55 Å². The standard InChI is InChI=1S/C11H13N3O/c1-8-13-11(12)7-14(8)9-5-3-4-6-10(9)15-2/h3-7H,12H2,1-2H3. The minimum absolute atomic E-state index is 0.512. The first kappa shape index (κ1) is 9.58. The first-order valence-corrected chi connectivity index (χ1v) is 4.67. The summed E-state index contributed by atoms with van der Waals surface area (Å²) in [5.74, 6) is 2.16. The Balaban J connectivity index is 2.58. The van der Waals surface area contributed by atoms with Crippen molar-refractivity contribution in [2.24, 2.45) is 0 Å². The minimum atomic E-state index is 0.512. The second-order valence-electron chi connectivity index (χ2n) is 3.25. The third-order valence-electron chi connectivity index (χ3n) is 2.25. The third kappa shape index (κ3) is 1.66. The molecule has 0 aliphatic rings. The van der Waals surface area contributed by atoms with Crippen molar-refractivity contribution in [3.05, 3.63) is 36.3 Å². The summed E-state index contributed by atoms with van der Waals surface area (Å²) in [6, 6.07) is 7.75. The fraction of sp³-hybridized carbons (Fsp3) is 0.182. The number of rotatable bonds is 2. The number of nitrogen functional groups attached to an aromatic ring is 1. The van der Waals surface area contributed by atoms with Gasteiger partial charge in [-0.15, -0.1) is 0 Å². The lowest BCUT2D eigenvalue weighted by atomic mass is 10.3. The highest BCUT2D eigenvalue weighted by Crippen LogP contribution is 2.23. The van der Waals surface area contributed by atoms with Gasteiger partial charge in [-0.1, -0.05) is 12.1 Å². The summed E-state index contributed by atoms with van der Waals surface area (Å²) >= 11 is 0. The molecule has 0 saturated carbocycles. The highest BCUT2D eigenvalue weighted by Gasteiger charge is 2.07. The maximum atomic E-state index is 5.64. The van der Waals surface area contributed by atoms with Crippen LogP contribution in [0.2, 0.25) is 0 Å². The van der Waals surface area contributed by atoms with E-state index >= 15 is 0 Å². The molecule has 0 fully saturated rings. The Morgan fingerprint density at radius 2 is 2.07 bits per heavy atom. The molecule has 78 valence electrons. The van der Waals surface area contributed by atoms with Crippen molar-refractivity contribution in [3.63, 3.8) is 0 Å². The summed E-state index contributed by atoms with van der Waals surface area (Å²) < 4.78 is 7.19. The second-order valence-corrected chi connectivity index (χ2v) is 3.25. The molecule has 0 amide bonds. The van der Waals surface area contributed by atoms with Crippen molar-refractivity contribution >= 4 is 5.82 Å². The Morgan fingerprint density at radius 3 is 2.67 bits per heavy atom. The fourth-order valence-corrected chi connectivity index (χ4v) is 1.57. The van der Waals surface area contributed by atoms with E-state index in [-0.39, 0.29) is 0 Å². The van der Waals surface area contributed by atoms with Gasteiger partial charge in [-0.05, 0) is 19.1 Å². The smallest absolute Gasteiger partial charge is 0.142 e. The zero-order valence-corrected chi connectivity index (χ0v) is 8.77. The monoisotopic (exact) mass is 203 g/mol. The van der Waals surface area contributed by atoms with Gasteiger partial charge in [0.2, 0.25) is 0 Å². The van der Waals surface area contributed by atoms with Gasteiger partial charge in [-0.3, -0.25) is 4.57 Å². The van der Waals surface area contributed by atoms with Crippen LogP contribution in [-0.4, -0.2) is 16.7 Å². The molecule has 1 heterocycles. The molecule has 0 aliphatic carbocycles. The molecule has 0 spiro atoms.